The van der Waals surface area contributed by atoms with Gasteiger partial charge in [-0.2, -0.15) is 0 Å². The molecule has 1 aliphatic rings. The smallest absolute Gasteiger partial charge is 0.163 e. The Hall–Kier alpha value is -1.20. The van der Waals surface area contributed by atoms with Crippen LogP contribution < -0.4 is 5.32 Å². The van der Waals surface area contributed by atoms with E-state index in [4.69, 9.17) is 14.7 Å². The molecule has 108 valence electrons. The minimum absolute atomic E-state index is 0.325. The van der Waals surface area contributed by atoms with E-state index in [-0.39, 0.29) is 5.60 Å². The molecule has 20 heavy (non-hydrogen) atoms. The summed E-state index contributed by atoms with van der Waals surface area (Å²) < 4.78 is 5.89. The first-order chi connectivity index (χ1) is 9.66. The molecule has 0 amide bonds. The van der Waals surface area contributed by atoms with Crippen molar-refractivity contribution in [3.63, 3.8) is 0 Å². The van der Waals surface area contributed by atoms with E-state index in [9.17, 15) is 0 Å². The van der Waals surface area contributed by atoms with Crippen LogP contribution in [0.2, 0.25) is 0 Å². The SMILES string of the molecule is CCNc1nc(C2(C)CCCO2)nc2sc(CC)cc12. The van der Waals surface area contributed by atoms with Crippen molar-refractivity contribution in [3.05, 3.63) is 16.8 Å². The van der Waals surface area contributed by atoms with Gasteiger partial charge in [0.2, 0.25) is 0 Å². The molecule has 2 aromatic heterocycles. The van der Waals surface area contributed by atoms with Crippen molar-refractivity contribution in [3.8, 4) is 0 Å². The zero-order valence-electron chi connectivity index (χ0n) is 12.3. The Labute approximate surface area is 123 Å². The largest absolute Gasteiger partial charge is 0.370 e. The lowest BCUT2D eigenvalue weighted by Crippen LogP contribution is -2.24. The molecule has 1 saturated heterocycles. The third kappa shape index (κ3) is 2.29. The van der Waals surface area contributed by atoms with Crippen molar-refractivity contribution in [1.29, 1.82) is 0 Å². The molecule has 0 bridgehead atoms. The van der Waals surface area contributed by atoms with Gasteiger partial charge in [-0.15, -0.1) is 11.3 Å². The quantitative estimate of drug-likeness (QED) is 0.933. The summed E-state index contributed by atoms with van der Waals surface area (Å²) in [7, 11) is 0. The molecule has 4 nitrogen and oxygen atoms in total. The van der Waals surface area contributed by atoms with E-state index < -0.39 is 0 Å². The fourth-order valence-electron chi connectivity index (χ4n) is 2.64. The molecule has 0 aliphatic carbocycles. The number of nitrogens with zero attached hydrogens (tertiary/aromatic N) is 2. The van der Waals surface area contributed by atoms with E-state index >= 15 is 0 Å². The lowest BCUT2D eigenvalue weighted by Gasteiger charge is -2.22. The summed E-state index contributed by atoms with van der Waals surface area (Å²) >= 11 is 1.76. The molecule has 0 radical (unpaired) electrons. The Bertz CT molecular complexity index is 617. The van der Waals surface area contributed by atoms with Crippen LogP contribution in [0.15, 0.2) is 6.07 Å². The lowest BCUT2D eigenvalue weighted by molar-refractivity contribution is 0.00976. The van der Waals surface area contributed by atoms with Crippen LogP contribution in [0.1, 0.15) is 44.3 Å². The van der Waals surface area contributed by atoms with Crippen LogP contribution in [0.25, 0.3) is 10.2 Å². The summed E-state index contributed by atoms with van der Waals surface area (Å²) in [5.74, 6) is 1.77. The summed E-state index contributed by atoms with van der Waals surface area (Å²) in [6.07, 6.45) is 3.12. The maximum absolute atomic E-state index is 5.89. The highest BCUT2D eigenvalue weighted by atomic mass is 32.1. The Balaban J connectivity index is 2.13. The molecule has 1 atom stereocenters. The molecule has 1 fully saturated rings. The Morgan fingerprint density at radius 2 is 2.25 bits per heavy atom. The number of hydrogen-bond acceptors (Lipinski definition) is 5. The average Bonchev–Trinajstić information content (AvgIpc) is 3.05. The third-order valence-corrected chi connectivity index (χ3v) is 5.00. The van der Waals surface area contributed by atoms with Crippen LogP contribution >= 0.6 is 11.3 Å². The van der Waals surface area contributed by atoms with Gasteiger partial charge in [0.1, 0.15) is 16.2 Å². The number of ether oxygens (including phenoxy) is 1. The second-order valence-corrected chi connectivity index (χ2v) is 6.51. The Kier molecular flexibility index (Phi) is 3.65. The fraction of sp³-hybridized carbons (Fsp3) is 0.600. The second-order valence-electron chi connectivity index (χ2n) is 5.39. The van der Waals surface area contributed by atoms with Gasteiger partial charge in [0, 0.05) is 18.0 Å². The van der Waals surface area contributed by atoms with Crippen LogP contribution in [-0.4, -0.2) is 23.1 Å². The number of hydrogen-bond donors (Lipinski definition) is 1. The summed E-state index contributed by atoms with van der Waals surface area (Å²) in [5, 5.41) is 4.51. The second kappa shape index (κ2) is 5.30. The van der Waals surface area contributed by atoms with Crippen LogP contribution in [0.5, 0.6) is 0 Å². The molecule has 2 aromatic rings. The molecule has 3 rings (SSSR count). The maximum Gasteiger partial charge on any atom is 0.163 e. The normalized spacial score (nSPS) is 22.6. The summed E-state index contributed by atoms with van der Waals surface area (Å²) in [5.41, 5.74) is -0.325. The first-order valence-corrected chi connectivity index (χ1v) is 8.16. The molecule has 0 saturated carbocycles. The Morgan fingerprint density at radius 1 is 1.40 bits per heavy atom. The van der Waals surface area contributed by atoms with Crippen molar-refractivity contribution < 1.29 is 4.74 Å². The van der Waals surface area contributed by atoms with Crippen LogP contribution in [-0.2, 0) is 16.8 Å². The molecule has 0 aromatic carbocycles. The lowest BCUT2D eigenvalue weighted by atomic mass is 10.0. The van der Waals surface area contributed by atoms with Crippen molar-refractivity contribution >= 4 is 27.4 Å². The van der Waals surface area contributed by atoms with Gasteiger partial charge in [-0.3, -0.25) is 0 Å². The molecule has 1 aliphatic heterocycles. The molecular weight excluding hydrogens is 270 g/mol. The number of nitrogens with one attached hydrogen (secondary N) is 1. The van der Waals surface area contributed by atoms with Crippen LogP contribution in [0, 0.1) is 0 Å². The fourth-order valence-corrected chi connectivity index (χ4v) is 3.61. The predicted octanol–water partition coefficient (Wildman–Crippen LogP) is 3.71. The highest BCUT2D eigenvalue weighted by Crippen LogP contribution is 2.37. The van der Waals surface area contributed by atoms with Gasteiger partial charge in [-0.1, -0.05) is 6.92 Å². The van der Waals surface area contributed by atoms with E-state index in [0.717, 1.165) is 54.3 Å². The van der Waals surface area contributed by atoms with Crippen LogP contribution in [0.4, 0.5) is 5.82 Å². The molecule has 3 heterocycles. The highest BCUT2D eigenvalue weighted by molar-refractivity contribution is 7.18. The van der Waals surface area contributed by atoms with Crippen molar-refractivity contribution in [1.82, 2.24) is 9.97 Å². The summed E-state index contributed by atoms with van der Waals surface area (Å²) in [6.45, 7) is 8.03. The molecule has 0 spiro atoms. The summed E-state index contributed by atoms with van der Waals surface area (Å²) in [4.78, 5) is 12.0. The van der Waals surface area contributed by atoms with E-state index in [2.05, 4.69) is 32.2 Å². The number of aromatic nitrogens is 2. The third-order valence-electron chi connectivity index (χ3n) is 3.83. The van der Waals surface area contributed by atoms with Gasteiger partial charge >= 0.3 is 0 Å². The first kappa shape index (κ1) is 13.8. The van der Waals surface area contributed by atoms with Crippen molar-refractivity contribution in [2.24, 2.45) is 0 Å². The minimum atomic E-state index is -0.325. The number of anilines is 1. The van der Waals surface area contributed by atoms with Gasteiger partial charge in [-0.25, -0.2) is 9.97 Å². The zero-order valence-corrected chi connectivity index (χ0v) is 13.1. The van der Waals surface area contributed by atoms with Gasteiger partial charge in [-0.05, 0) is 39.2 Å². The maximum atomic E-state index is 5.89. The van der Waals surface area contributed by atoms with Crippen molar-refractivity contribution in [2.75, 3.05) is 18.5 Å². The number of fused-ring (bicyclic) bond motifs is 1. The average molecular weight is 291 g/mol. The topological polar surface area (TPSA) is 47.0 Å². The standard InChI is InChI=1S/C15H21N3OS/c1-4-10-9-11-12(16-5-2)17-14(18-13(11)20-10)15(3)7-6-8-19-15/h9H,4-8H2,1-3H3,(H,16,17,18). The summed E-state index contributed by atoms with van der Waals surface area (Å²) in [6, 6.07) is 2.21. The minimum Gasteiger partial charge on any atom is -0.370 e. The highest BCUT2D eigenvalue weighted by Gasteiger charge is 2.35. The van der Waals surface area contributed by atoms with Gasteiger partial charge in [0.05, 0.1) is 5.39 Å². The molecule has 1 N–H and O–H groups in total. The van der Waals surface area contributed by atoms with E-state index in [1.807, 2.05) is 0 Å². The first-order valence-electron chi connectivity index (χ1n) is 7.35. The molecule has 1 unspecified atom stereocenters. The monoisotopic (exact) mass is 291 g/mol. The van der Waals surface area contributed by atoms with Gasteiger partial charge in [0.25, 0.3) is 0 Å². The van der Waals surface area contributed by atoms with Crippen LogP contribution in [0.3, 0.4) is 0 Å². The predicted molar refractivity (Wildman–Crippen MR) is 83.5 cm³/mol. The molecular formula is C15H21N3OS. The number of thiophene rings is 1. The van der Waals surface area contributed by atoms with Crippen molar-refractivity contribution in [2.45, 2.75) is 45.6 Å². The van der Waals surface area contributed by atoms with E-state index in [1.54, 1.807) is 11.3 Å². The Morgan fingerprint density at radius 3 is 2.90 bits per heavy atom. The van der Waals surface area contributed by atoms with E-state index in [0.29, 0.717) is 0 Å². The van der Waals surface area contributed by atoms with Gasteiger partial charge < -0.3 is 10.1 Å². The number of rotatable bonds is 4. The van der Waals surface area contributed by atoms with E-state index in [1.165, 1.54) is 4.88 Å². The van der Waals surface area contributed by atoms with Gasteiger partial charge in [0.15, 0.2) is 5.82 Å². The zero-order chi connectivity index (χ0) is 14.2. The molecule has 5 heteroatoms. The number of aryl methyl sites for hydroxylation is 1.